The Morgan fingerprint density at radius 1 is 1.17 bits per heavy atom. The molecule has 0 atom stereocenters. The van der Waals surface area contributed by atoms with Crippen molar-refractivity contribution in [1.82, 2.24) is 9.88 Å². The smallest absolute Gasteiger partial charge is 0.162 e. The van der Waals surface area contributed by atoms with Crippen LogP contribution in [0, 0.1) is 12.7 Å². The second-order valence-corrected chi connectivity index (χ2v) is 8.44. The highest BCUT2D eigenvalue weighted by Gasteiger charge is 2.24. The second-order valence-electron chi connectivity index (χ2n) is 8.00. The standard InChI is InChI=1S/C24H26ClFN2O/c1-16-24(21-15-19(25)6-9-22(21)27-16)18-10-13-28(14-11-18)12-2-3-23(29)17-4-7-20(26)8-5-17/h4-9,15,18,27H,2-3,10-14H2,1H3. The van der Waals surface area contributed by atoms with Gasteiger partial charge in [0, 0.05) is 33.6 Å². The van der Waals surface area contributed by atoms with E-state index in [0.29, 0.717) is 17.9 Å². The summed E-state index contributed by atoms with van der Waals surface area (Å²) in [7, 11) is 0. The Bertz CT molecular complexity index is 1000. The third-order valence-electron chi connectivity index (χ3n) is 6.04. The van der Waals surface area contributed by atoms with Crippen LogP contribution in [0.5, 0.6) is 0 Å². The van der Waals surface area contributed by atoms with Gasteiger partial charge in [-0.3, -0.25) is 4.79 Å². The van der Waals surface area contributed by atoms with E-state index in [-0.39, 0.29) is 11.6 Å². The molecule has 1 aliphatic heterocycles. The summed E-state index contributed by atoms with van der Waals surface area (Å²) in [5.41, 5.74) is 4.40. The molecule has 0 bridgehead atoms. The summed E-state index contributed by atoms with van der Waals surface area (Å²) in [6, 6.07) is 11.9. The quantitative estimate of drug-likeness (QED) is 0.495. The van der Waals surface area contributed by atoms with Crippen molar-refractivity contribution in [3.05, 3.63) is 70.1 Å². The summed E-state index contributed by atoms with van der Waals surface area (Å²) < 4.78 is 13.0. The van der Waals surface area contributed by atoms with Gasteiger partial charge in [0.15, 0.2) is 5.78 Å². The molecular weight excluding hydrogens is 387 g/mol. The van der Waals surface area contributed by atoms with Crippen molar-refractivity contribution >= 4 is 28.3 Å². The van der Waals surface area contributed by atoms with Gasteiger partial charge in [0.1, 0.15) is 5.82 Å². The number of aromatic amines is 1. The van der Waals surface area contributed by atoms with Crippen LogP contribution in [-0.2, 0) is 0 Å². The molecule has 0 aliphatic carbocycles. The Balaban J connectivity index is 1.30. The van der Waals surface area contributed by atoms with Gasteiger partial charge in [-0.05, 0) is 99.8 Å². The van der Waals surface area contributed by atoms with Crippen molar-refractivity contribution in [2.45, 2.75) is 38.5 Å². The summed E-state index contributed by atoms with van der Waals surface area (Å²) in [4.78, 5) is 18.2. The second kappa shape index (κ2) is 8.68. The fraction of sp³-hybridized carbons (Fsp3) is 0.375. The Hall–Kier alpha value is -2.17. The minimum Gasteiger partial charge on any atom is -0.358 e. The number of Topliss-reactive ketones (excluding diaryl/α,β-unsaturated/α-hetero) is 1. The lowest BCUT2D eigenvalue weighted by molar-refractivity contribution is 0.0972. The molecule has 0 saturated carbocycles. The molecule has 29 heavy (non-hydrogen) atoms. The van der Waals surface area contributed by atoms with E-state index in [1.807, 2.05) is 6.07 Å². The van der Waals surface area contributed by atoms with E-state index in [9.17, 15) is 9.18 Å². The van der Waals surface area contributed by atoms with Crippen LogP contribution in [0.4, 0.5) is 4.39 Å². The lowest BCUT2D eigenvalue weighted by atomic mass is 9.87. The van der Waals surface area contributed by atoms with Gasteiger partial charge in [-0.2, -0.15) is 0 Å². The van der Waals surface area contributed by atoms with Crippen LogP contribution in [0.25, 0.3) is 10.9 Å². The molecule has 0 radical (unpaired) electrons. The first-order chi connectivity index (χ1) is 14.0. The van der Waals surface area contributed by atoms with Gasteiger partial charge in [0.2, 0.25) is 0 Å². The van der Waals surface area contributed by atoms with Gasteiger partial charge in [0.25, 0.3) is 0 Å². The van der Waals surface area contributed by atoms with Crippen LogP contribution in [0.3, 0.4) is 0 Å². The van der Waals surface area contributed by atoms with Crippen LogP contribution in [0.2, 0.25) is 5.02 Å². The van der Waals surface area contributed by atoms with Crippen molar-refractivity contribution in [2.24, 2.45) is 0 Å². The molecule has 1 fully saturated rings. The fourth-order valence-electron chi connectivity index (χ4n) is 4.53. The Morgan fingerprint density at radius 3 is 2.62 bits per heavy atom. The van der Waals surface area contributed by atoms with Crippen LogP contribution < -0.4 is 0 Å². The van der Waals surface area contributed by atoms with Gasteiger partial charge in [0.05, 0.1) is 0 Å². The maximum atomic E-state index is 13.0. The molecule has 3 nitrogen and oxygen atoms in total. The van der Waals surface area contributed by atoms with Crippen LogP contribution >= 0.6 is 11.6 Å². The zero-order chi connectivity index (χ0) is 20.4. The number of aryl methyl sites for hydroxylation is 1. The summed E-state index contributed by atoms with van der Waals surface area (Å²) in [5, 5.41) is 2.03. The van der Waals surface area contributed by atoms with E-state index in [0.717, 1.165) is 49.4 Å². The molecule has 3 aromatic rings. The number of hydrogen-bond donors (Lipinski definition) is 1. The van der Waals surface area contributed by atoms with Crippen molar-refractivity contribution in [3.63, 3.8) is 0 Å². The van der Waals surface area contributed by atoms with Gasteiger partial charge in [-0.1, -0.05) is 11.6 Å². The summed E-state index contributed by atoms with van der Waals surface area (Å²) in [6.45, 7) is 5.17. The summed E-state index contributed by atoms with van der Waals surface area (Å²) in [5.74, 6) is 0.322. The first-order valence-corrected chi connectivity index (χ1v) is 10.7. The molecule has 4 rings (SSSR count). The SMILES string of the molecule is Cc1[nH]c2ccc(Cl)cc2c1C1CCN(CCCC(=O)c2ccc(F)cc2)CC1. The van der Waals surface area contributed by atoms with Gasteiger partial charge in [-0.15, -0.1) is 0 Å². The number of ketones is 1. The minimum absolute atomic E-state index is 0.0891. The first-order valence-electron chi connectivity index (χ1n) is 10.3. The molecule has 152 valence electrons. The highest BCUT2D eigenvalue weighted by Crippen LogP contribution is 2.36. The number of carbonyl (C=O) groups is 1. The van der Waals surface area contributed by atoms with Gasteiger partial charge in [-0.25, -0.2) is 4.39 Å². The molecule has 1 N–H and O–H groups in total. The number of nitrogens with one attached hydrogen (secondary N) is 1. The Kier molecular flexibility index (Phi) is 6.02. The largest absolute Gasteiger partial charge is 0.358 e. The minimum atomic E-state index is -0.308. The molecule has 0 spiro atoms. The predicted molar refractivity (Wildman–Crippen MR) is 116 cm³/mol. The number of benzene rings is 2. The van der Waals surface area contributed by atoms with Crippen LogP contribution in [-0.4, -0.2) is 35.3 Å². The highest BCUT2D eigenvalue weighted by atomic mass is 35.5. The molecule has 5 heteroatoms. The highest BCUT2D eigenvalue weighted by molar-refractivity contribution is 6.31. The van der Waals surface area contributed by atoms with Crippen LogP contribution in [0.15, 0.2) is 42.5 Å². The molecule has 0 amide bonds. The number of hydrogen-bond acceptors (Lipinski definition) is 2. The van der Waals surface area contributed by atoms with Crippen molar-refractivity contribution in [3.8, 4) is 0 Å². The van der Waals surface area contributed by atoms with E-state index in [1.165, 1.54) is 28.8 Å². The van der Waals surface area contributed by atoms with E-state index >= 15 is 0 Å². The number of piperidine rings is 1. The number of carbonyl (C=O) groups excluding carboxylic acids is 1. The Morgan fingerprint density at radius 2 is 1.90 bits per heavy atom. The maximum Gasteiger partial charge on any atom is 0.162 e. The zero-order valence-corrected chi connectivity index (χ0v) is 17.4. The lowest BCUT2D eigenvalue weighted by Crippen LogP contribution is -2.34. The Labute approximate surface area is 175 Å². The number of H-pyrrole nitrogens is 1. The maximum absolute atomic E-state index is 13.0. The third-order valence-corrected chi connectivity index (χ3v) is 6.27. The topological polar surface area (TPSA) is 36.1 Å². The number of likely N-dealkylation sites (tertiary alicyclic amines) is 1. The first kappa shape index (κ1) is 20.1. The fourth-order valence-corrected chi connectivity index (χ4v) is 4.71. The molecule has 1 aliphatic rings. The van der Waals surface area contributed by atoms with Gasteiger partial charge >= 0.3 is 0 Å². The van der Waals surface area contributed by atoms with Crippen LogP contribution in [0.1, 0.15) is 53.2 Å². The monoisotopic (exact) mass is 412 g/mol. The number of nitrogens with zero attached hydrogens (tertiary/aromatic N) is 1. The predicted octanol–water partition coefficient (Wildman–Crippen LogP) is 6.11. The zero-order valence-electron chi connectivity index (χ0n) is 16.7. The number of halogens is 2. The number of fused-ring (bicyclic) bond motifs is 1. The average Bonchev–Trinajstić information content (AvgIpc) is 3.04. The molecular formula is C24H26ClFN2O. The van der Waals surface area contributed by atoms with Crippen molar-refractivity contribution < 1.29 is 9.18 Å². The molecule has 2 heterocycles. The van der Waals surface area contributed by atoms with Gasteiger partial charge < -0.3 is 9.88 Å². The van der Waals surface area contributed by atoms with Crippen molar-refractivity contribution in [1.29, 1.82) is 0 Å². The summed E-state index contributed by atoms with van der Waals surface area (Å²) in [6.07, 6.45) is 3.58. The third kappa shape index (κ3) is 4.54. The van der Waals surface area contributed by atoms with E-state index in [4.69, 9.17) is 11.6 Å². The molecule has 1 saturated heterocycles. The number of aromatic nitrogens is 1. The molecule has 2 aromatic carbocycles. The van der Waals surface area contributed by atoms with E-state index in [2.05, 4.69) is 28.9 Å². The van der Waals surface area contributed by atoms with E-state index < -0.39 is 0 Å². The number of rotatable bonds is 6. The molecule has 1 aromatic heterocycles. The molecule has 0 unspecified atom stereocenters. The van der Waals surface area contributed by atoms with Crippen molar-refractivity contribution in [2.75, 3.05) is 19.6 Å². The average molecular weight is 413 g/mol. The lowest BCUT2D eigenvalue weighted by Gasteiger charge is -2.32. The summed E-state index contributed by atoms with van der Waals surface area (Å²) >= 11 is 6.23. The normalized spacial score (nSPS) is 15.8. The van der Waals surface area contributed by atoms with E-state index in [1.54, 1.807) is 12.1 Å².